The van der Waals surface area contributed by atoms with Gasteiger partial charge < -0.3 is 29.6 Å². The van der Waals surface area contributed by atoms with E-state index in [0.29, 0.717) is 23.1 Å². The number of carbonyl (C=O) groups is 1. The second kappa shape index (κ2) is 11.4. The number of methoxy groups -OCH3 is 2. The predicted molar refractivity (Wildman–Crippen MR) is 151 cm³/mol. The fraction of sp³-hybridized carbons (Fsp3) is 0.207. The molecule has 0 bridgehead atoms. The van der Waals surface area contributed by atoms with E-state index >= 15 is 0 Å². The summed E-state index contributed by atoms with van der Waals surface area (Å²) in [5.41, 5.74) is 3.50. The van der Waals surface area contributed by atoms with Crippen molar-refractivity contribution >= 4 is 28.9 Å². The van der Waals surface area contributed by atoms with Crippen molar-refractivity contribution < 1.29 is 14.3 Å². The Morgan fingerprint density at radius 1 is 1.03 bits per heavy atom. The highest BCUT2D eigenvalue weighted by Crippen LogP contribution is 2.40. The van der Waals surface area contributed by atoms with Gasteiger partial charge in [-0.25, -0.2) is 0 Å². The van der Waals surface area contributed by atoms with E-state index in [2.05, 4.69) is 31.2 Å². The average molecular weight is 528 g/mol. The first-order chi connectivity index (χ1) is 18.6. The van der Waals surface area contributed by atoms with Crippen molar-refractivity contribution in [2.45, 2.75) is 18.5 Å². The van der Waals surface area contributed by atoms with E-state index in [9.17, 15) is 4.79 Å². The number of hydrogen-bond donors (Lipinski definition) is 2. The predicted octanol–water partition coefficient (Wildman–Crippen LogP) is 4.89. The molecule has 0 saturated carbocycles. The summed E-state index contributed by atoms with van der Waals surface area (Å²) in [4.78, 5) is 19.6. The van der Waals surface area contributed by atoms with Crippen LogP contribution in [0.15, 0.2) is 91.3 Å². The second-order valence-corrected chi connectivity index (χ2v) is 9.21. The van der Waals surface area contributed by atoms with E-state index in [1.165, 1.54) is 0 Å². The summed E-state index contributed by atoms with van der Waals surface area (Å²) in [6.07, 6.45) is 4.04. The van der Waals surface area contributed by atoms with Crippen molar-refractivity contribution in [1.29, 1.82) is 0 Å². The van der Waals surface area contributed by atoms with Crippen LogP contribution in [0.1, 0.15) is 29.9 Å². The van der Waals surface area contributed by atoms with Gasteiger partial charge in [0.2, 0.25) is 5.91 Å². The van der Waals surface area contributed by atoms with Crippen LogP contribution in [-0.2, 0) is 4.79 Å². The maximum atomic E-state index is 13.0. The number of para-hydroxylation sites is 2. The molecule has 1 aliphatic rings. The number of nitrogens with zero attached hydrogens (tertiary/aromatic N) is 3. The molecule has 2 atom stereocenters. The lowest BCUT2D eigenvalue weighted by molar-refractivity contribution is -0.116. The highest BCUT2D eigenvalue weighted by Gasteiger charge is 2.41. The van der Waals surface area contributed by atoms with Crippen LogP contribution >= 0.6 is 12.2 Å². The molecule has 2 aromatic carbocycles. The summed E-state index contributed by atoms with van der Waals surface area (Å²) in [6, 6.07) is 24.8. The Morgan fingerprint density at radius 3 is 2.66 bits per heavy atom. The van der Waals surface area contributed by atoms with Gasteiger partial charge in [-0.05, 0) is 60.7 Å². The third-order valence-electron chi connectivity index (χ3n) is 6.57. The van der Waals surface area contributed by atoms with E-state index in [0.717, 1.165) is 22.8 Å². The summed E-state index contributed by atoms with van der Waals surface area (Å²) in [7, 11) is 3.24. The third-order valence-corrected chi connectivity index (χ3v) is 6.93. The molecule has 4 aromatic rings. The minimum absolute atomic E-state index is 0.125. The molecule has 5 rings (SSSR count). The molecule has 1 amide bonds. The van der Waals surface area contributed by atoms with Gasteiger partial charge in [0.05, 0.1) is 37.7 Å². The van der Waals surface area contributed by atoms with Crippen LogP contribution in [0.3, 0.4) is 0 Å². The molecular weight excluding hydrogens is 498 g/mol. The largest absolute Gasteiger partial charge is 0.497 e. The minimum Gasteiger partial charge on any atom is -0.497 e. The first-order valence-electron chi connectivity index (χ1n) is 12.3. The molecule has 9 heteroatoms. The number of pyridine rings is 1. The number of rotatable bonds is 9. The van der Waals surface area contributed by atoms with Gasteiger partial charge in [0.15, 0.2) is 5.11 Å². The zero-order valence-corrected chi connectivity index (χ0v) is 22.0. The normalized spacial score (nSPS) is 16.7. The molecule has 8 nitrogen and oxygen atoms in total. The van der Waals surface area contributed by atoms with Gasteiger partial charge in [-0.2, -0.15) is 0 Å². The Morgan fingerprint density at radius 2 is 1.87 bits per heavy atom. The van der Waals surface area contributed by atoms with E-state index in [-0.39, 0.29) is 24.4 Å². The Bertz CT molecular complexity index is 1420. The van der Waals surface area contributed by atoms with Gasteiger partial charge in [0.25, 0.3) is 0 Å². The molecule has 0 spiro atoms. The SMILES string of the molecule is COc1cccc(-n2cccc2[C@H]2[C@H](c3ccccn3)NC(=S)N2CCC(=O)Nc2ccccc2OC)c1. The minimum atomic E-state index is -0.197. The standard InChI is InChI=1S/C29H29N5O3S/c1-36-21-10-7-9-20(19-21)33-17-8-13-24(33)28-27(23-12-5-6-16-30-23)32-29(38)34(28)18-15-26(35)31-22-11-3-4-14-25(22)37-2/h3-14,16-17,19,27-28H,15,18H2,1-2H3,(H,31,35)(H,32,38)/t27-,28-/m0/s1. The topological polar surface area (TPSA) is 80.7 Å². The number of nitrogens with one attached hydrogen (secondary N) is 2. The van der Waals surface area contributed by atoms with Crippen LogP contribution in [-0.4, -0.2) is 46.2 Å². The summed E-state index contributed by atoms with van der Waals surface area (Å²) in [5, 5.41) is 6.99. The quantitative estimate of drug-likeness (QED) is 0.300. The molecule has 194 valence electrons. The molecule has 2 N–H and O–H groups in total. The number of carbonyl (C=O) groups excluding carboxylic acids is 1. The Labute approximate surface area is 227 Å². The van der Waals surface area contributed by atoms with Crippen molar-refractivity contribution in [3.05, 3.63) is 103 Å². The summed E-state index contributed by atoms with van der Waals surface area (Å²) >= 11 is 5.80. The summed E-state index contributed by atoms with van der Waals surface area (Å²) < 4.78 is 12.9. The van der Waals surface area contributed by atoms with Crippen LogP contribution in [0, 0.1) is 0 Å². The van der Waals surface area contributed by atoms with Crippen LogP contribution in [0.25, 0.3) is 5.69 Å². The lowest BCUT2D eigenvalue weighted by Crippen LogP contribution is -2.33. The zero-order chi connectivity index (χ0) is 26.5. The smallest absolute Gasteiger partial charge is 0.226 e. The van der Waals surface area contributed by atoms with Gasteiger partial charge in [0, 0.05) is 42.8 Å². The van der Waals surface area contributed by atoms with Gasteiger partial charge in [-0.1, -0.05) is 24.3 Å². The van der Waals surface area contributed by atoms with Crippen LogP contribution in [0.4, 0.5) is 5.69 Å². The van der Waals surface area contributed by atoms with Crippen LogP contribution in [0.2, 0.25) is 0 Å². The third kappa shape index (κ3) is 5.19. The molecular formula is C29H29N5O3S. The van der Waals surface area contributed by atoms with Crippen molar-refractivity contribution in [2.24, 2.45) is 0 Å². The van der Waals surface area contributed by atoms with Crippen molar-refractivity contribution in [3.63, 3.8) is 0 Å². The number of benzene rings is 2. The Kier molecular flexibility index (Phi) is 7.55. The van der Waals surface area contributed by atoms with Crippen molar-refractivity contribution in [2.75, 3.05) is 26.1 Å². The molecule has 0 aliphatic carbocycles. The monoisotopic (exact) mass is 527 g/mol. The molecule has 0 unspecified atom stereocenters. The maximum absolute atomic E-state index is 13.0. The summed E-state index contributed by atoms with van der Waals surface area (Å²) in [5.74, 6) is 1.26. The maximum Gasteiger partial charge on any atom is 0.226 e. The molecule has 2 aromatic heterocycles. The van der Waals surface area contributed by atoms with E-state index in [1.807, 2.05) is 79.0 Å². The molecule has 38 heavy (non-hydrogen) atoms. The summed E-state index contributed by atoms with van der Waals surface area (Å²) in [6.45, 7) is 0.421. The van der Waals surface area contributed by atoms with Gasteiger partial charge in [0.1, 0.15) is 11.5 Å². The lowest BCUT2D eigenvalue weighted by Gasteiger charge is -2.29. The van der Waals surface area contributed by atoms with E-state index in [1.54, 1.807) is 20.4 Å². The van der Waals surface area contributed by atoms with E-state index in [4.69, 9.17) is 21.7 Å². The highest BCUT2D eigenvalue weighted by atomic mass is 32.1. The zero-order valence-electron chi connectivity index (χ0n) is 21.2. The highest BCUT2D eigenvalue weighted by molar-refractivity contribution is 7.80. The Balaban J connectivity index is 1.44. The fourth-order valence-corrected chi connectivity index (χ4v) is 5.11. The van der Waals surface area contributed by atoms with Crippen LogP contribution < -0.4 is 20.1 Å². The molecule has 1 aliphatic heterocycles. The van der Waals surface area contributed by atoms with Crippen LogP contribution in [0.5, 0.6) is 11.5 Å². The first-order valence-corrected chi connectivity index (χ1v) is 12.7. The fourth-order valence-electron chi connectivity index (χ4n) is 4.78. The van der Waals surface area contributed by atoms with Gasteiger partial charge in [-0.15, -0.1) is 0 Å². The first kappa shape index (κ1) is 25.3. The number of ether oxygens (including phenoxy) is 2. The molecule has 3 heterocycles. The van der Waals surface area contributed by atoms with Gasteiger partial charge >= 0.3 is 0 Å². The molecule has 1 fully saturated rings. The van der Waals surface area contributed by atoms with Crippen molar-refractivity contribution in [3.8, 4) is 17.2 Å². The number of aromatic nitrogens is 2. The van der Waals surface area contributed by atoms with Gasteiger partial charge in [-0.3, -0.25) is 9.78 Å². The average Bonchev–Trinajstić information content (AvgIpc) is 3.57. The number of anilines is 1. The lowest BCUT2D eigenvalue weighted by atomic mass is 10.0. The number of thiocarbonyl (C=S) groups is 1. The number of amides is 1. The molecule has 0 radical (unpaired) electrons. The second-order valence-electron chi connectivity index (χ2n) is 8.82. The van der Waals surface area contributed by atoms with E-state index < -0.39 is 0 Å². The Hall–Kier alpha value is -4.37. The number of hydrogen-bond acceptors (Lipinski definition) is 5. The molecule has 1 saturated heterocycles. The van der Waals surface area contributed by atoms with Crippen molar-refractivity contribution in [1.82, 2.24) is 19.8 Å².